The molecule has 1 aromatic heterocycles. The van der Waals surface area contributed by atoms with Crippen LogP contribution in [0.4, 0.5) is 5.69 Å². The standard InChI is InChI=1S/C20H31N3O/c1-4-9-16(2)21-11-6-5-7-12-22-19-15-18(24-3)14-17-10-8-13-23-20(17)19/h8,10,13-16,21-22H,4-7,9,11-12H2,1-3H3. The van der Waals surface area contributed by atoms with E-state index in [1.807, 2.05) is 24.4 Å². The van der Waals surface area contributed by atoms with Crippen molar-refractivity contribution in [2.75, 3.05) is 25.5 Å². The zero-order chi connectivity index (χ0) is 17.2. The molecule has 0 radical (unpaired) electrons. The molecule has 0 aliphatic rings. The summed E-state index contributed by atoms with van der Waals surface area (Å²) < 4.78 is 5.39. The van der Waals surface area contributed by atoms with Gasteiger partial charge in [-0.2, -0.15) is 0 Å². The number of ether oxygens (including phenoxy) is 1. The summed E-state index contributed by atoms with van der Waals surface area (Å²) in [5.74, 6) is 0.868. The Morgan fingerprint density at radius 3 is 2.79 bits per heavy atom. The maximum atomic E-state index is 5.39. The van der Waals surface area contributed by atoms with Gasteiger partial charge in [-0.1, -0.05) is 25.8 Å². The number of hydrogen-bond donors (Lipinski definition) is 2. The molecule has 1 aromatic carbocycles. The van der Waals surface area contributed by atoms with Crippen molar-refractivity contribution in [3.05, 3.63) is 30.5 Å². The zero-order valence-electron chi connectivity index (χ0n) is 15.3. The Labute approximate surface area is 146 Å². The first-order valence-corrected chi connectivity index (χ1v) is 9.14. The highest BCUT2D eigenvalue weighted by Gasteiger charge is 2.05. The maximum Gasteiger partial charge on any atom is 0.121 e. The molecule has 0 spiro atoms. The van der Waals surface area contributed by atoms with Gasteiger partial charge in [-0.15, -0.1) is 0 Å². The Bertz CT molecular complexity index is 615. The molecule has 1 atom stereocenters. The van der Waals surface area contributed by atoms with Crippen molar-refractivity contribution in [1.29, 1.82) is 0 Å². The normalized spacial score (nSPS) is 12.3. The number of nitrogens with one attached hydrogen (secondary N) is 2. The van der Waals surface area contributed by atoms with Crippen LogP contribution in [0.2, 0.25) is 0 Å². The molecular weight excluding hydrogens is 298 g/mol. The van der Waals surface area contributed by atoms with Crippen LogP contribution >= 0.6 is 0 Å². The van der Waals surface area contributed by atoms with Gasteiger partial charge in [-0.25, -0.2) is 0 Å². The van der Waals surface area contributed by atoms with Crippen LogP contribution in [0.5, 0.6) is 5.75 Å². The van der Waals surface area contributed by atoms with E-state index in [1.54, 1.807) is 7.11 Å². The minimum absolute atomic E-state index is 0.641. The summed E-state index contributed by atoms with van der Waals surface area (Å²) in [6.07, 6.45) is 7.97. The fourth-order valence-electron chi connectivity index (χ4n) is 2.95. The summed E-state index contributed by atoms with van der Waals surface area (Å²) in [6, 6.07) is 8.72. The molecule has 0 aliphatic carbocycles. The second-order valence-corrected chi connectivity index (χ2v) is 6.38. The molecule has 2 aromatic rings. The summed E-state index contributed by atoms with van der Waals surface area (Å²) in [7, 11) is 1.70. The fraction of sp³-hybridized carbons (Fsp3) is 0.550. The van der Waals surface area contributed by atoms with E-state index in [9.17, 15) is 0 Å². The Morgan fingerprint density at radius 2 is 2.00 bits per heavy atom. The van der Waals surface area contributed by atoms with Gasteiger partial charge < -0.3 is 15.4 Å². The first-order chi connectivity index (χ1) is 11.7. The predicted molar refractivity (Wildman–Crippen MR) is 103 cm³/mol. The lowest BCUT2D eigenvalue weighted by Gasteiger charge is -2.13. The van der Waals surface area contributed by atoms with E-state index in [0.29, 0.717) is 6.04 Å². The van der Waals surface area contributed by atoms with Crippen LogP contribution in [-0.2, 0) is 0 Å². The van der Waals surface area contributed by atoms with E-state index in [2.05, 4.69) is 35.5 Å². The van der Waals surface area contributed by atoms with Crippen LogP contribution < -0.4 is 15.4 Å². The molecule has 4 nitrogen and oxygen atoms in total. The number of unbranched alkanes of at least 4 members (excludes halogenated alkanes) is 2. The van der Waals surface area contributed by atoms with Gasteiger partial charge in [0.2, 0.25) is 0 Å². The van der Waals surface area contributed by atoms with Crippen molar-refractivity contribution in [3.63, 3.8) is 0 Å². The molecular formula is C20H31N3O. The van der Waals surface area contributed by atoms with Gasteiger partial charge in [0.1, 0.15) is 5.75 Å². The van der Waals surface area contributed by atoms with Crippen molar-refractivity contribution < 1.29 is 4.74 Å². The largest absolute Gasteiger partial charge is 0.497 e. The van der Waals surface area contributed by atoms with Crippen LogP contribution in [-0.4, -0.2) is 31.2 Å². The zero-order valence-corrected chi connectivity index (χ0v) is 15.3. The molecule has 1 heterocycles. The van der Waals surface area contributed by atoms with Gasteiger partial charge in [-0.3, -0.25) is 4.98 Å². The van der Waals surface area contributed by atoms with Crippen LogP contribution in [0, 0.1) is 0 Å². The molecule has 132 valence electrons. The minimum atomic E-state index is 0.641. The third-order valence-electron chi connectivity index (χ3n) is 4.30. The second-order valence-electron chi connectivity index (χ2n) is 6.38. The number of nitrogens with zero attached hydrogens (tertiary/aromatic N) is 1. The van der Waals surface area contributed by atoms with Crippen molar-refractivity contribution >= 4 is 16.6 Å². The summed E-state index contributed by atoms with van der Waals surface area (Å²) in [5.41, 5.74) is 2.06. The van der Waals surface area contributed by atoms with Crippen LogP contribution in [0.3, 0.4) is 0 Å². The third kappa shape index (κ3) is 5.68. The van der Waals surface area contributed by atoms with Crippen LogP contribution in [0.15, 0.2) is 30.5 Å². The Morgan fingerprint density at radius 1 is 1.17 bits per heavy atom. The molecule has 4 heteroatoms. The minimum Gasteiger partial charge on any atom is -0.497 e. The van der Waals surface area contributed by atoms with Crippen LogP contribution in [0.25, 0.3) is 10.9 Å². The number of benzene rings is 1. The van der Waals surface area contributed by atoms with E-state index in [-0.39, 0.29) is 0 Å². The predicted octanol–water partition coefficient (Wildman–Crippen LogP) is 4.60. The molecule has 0 saturated heterocycles. The highest BCUT2D eigenvalue weighted by Crippen LogP contribution is 2.27. The van der Waals surface area contributed by atoms with E-state index in [4.69, 9.17) is 4.74 Å². The third-order valence-corrected chi connectivity index (χ3v) is 4.30. The average Bonchev–Trinajstić information content (AvgIpc) is 2.60. The number of hydrogen-bond acceptors (Lipinski definition) is 4. The first kappa shape index (κ1) is 18.5. The monoisotopic (exact) mass is 329 g/mol. The molecule has 24 heavy (non-hydrogen) atoms. The van der Waals surface area contributed by atoms with E-state index in [0.717, 1.165) is 41.9 Å². The number of rotatable bonds is 11. The lowest BCUT2D eigenvalue weighted by Crippen LogP contribution is -2.26. The number of pyridine rings is 1. The van der Waals surface area contributed by atoms with Crippen LogP contribution in [0.1, 0.15) is 46.0 Å². The molecule has 0 aliphatic heterocycles. The SMILES string of the molecule is CCCC(C)NCCCCCNc1cc(OC)cc2cccnc12. The fourth-order valence-corrected chi connectivity index (χ4v) is 2.95. The lowest BCUT2D eigenvalue weighted by molar-refractivity contribution is 0.415. The highest BCUT2D eigenvalue weighted by molar-refractivity contribution is 5.91. The molecule has 0 fully saturated rings. The van der Waals surface area contributed by atoms with Gasteiger partial charge in [0.15, 0.2) is 0 Å². The lowest BCUT2D eigenvalue weighted by atomic mass is 10.1. The van der Waals surface area contributed by atoms with E-state index >= 15 is 0 Å². The van der Waals surface area contributed by atoms with Crippen molar-refractivity contribution in [1.82, 2.24) is 10.3 Å². The van der Waals surface area contributed by atoms with Gasteiger partial charge in [-0.05, 0) is 44.9 Å². The Hall–Kier alpha value is -1.81. The van der Waals surface area contributed by atoms with Crippen molar-refractivity contribution in [3.8, 4) is 5.75 Å². The van der Waals surface area contributed by atoms with Crippen molar-refractivity contribution in [2.45, 2.75) is 52.0 Å². The van der Waals surface area contributed by atoms with Gasteiger partial charge in [0.05, 0.1) is 18.3 Å². The number of aromatic nitrogens is 1. The quantitative estimate of drug-likeness (QED) is 0.591. The number of anilines is 1. The molecule has 0 saturated carbocycles. The number of methoxy groups -OCH3 is 1. The topological polar surface area (TPSA) is 46.2 Å². The first-order valence-electron chi connectivity index (χ1n) is 9.14. The summed E-state index contributed by atoms with van der Waals surface area (Å²) in [5, 5.41) is 8.21. The number of fused-ring (bicyclic) bond motifs is 1. The Balaban J connectivity index is 1.75. The van der Waals surface area contributed by atoms with Gasteiger partial charge in [0, 0.05) is 30.2 Å². The average molecular weight is 329 g/mol. The van der Waals surface area contributed by atoms with Gasteiger partial charge >= 0.3 is 0 Å². The Kier molecular flexibility index (Phi) is 7.83. The summed E-state index contributed by atoms with van der Waals surface area (Å²) >= 11 is 0. The highest BCUT2D eigenvalue weighted by atomic mass is 16.5. The molecule has 1 unspecified atom stereocenters. The second kappa shape index (κ2) is 10.1. The molecule has 2 N–H and O–H groups in total. The molecule has 2 rings (SSSR count). The molecule has 0 amide bonds. The maximum absolute atomic E-state index is 5.39. The summed E-state index contributed by atoms with van der Waals surface area (Å²) in [4.78, 5) is 4.49. The molecule has 0 bridgehead atoms. The van der Waals surface area contributed by atoms with E-state index in [1.165, 1.54) is 25.7 Å². The van der Waals surface area contributed by atoms with Gasteiger partial charge in [0.25, 0.3) is 0 Å². The van der Waals surface area contributed by atoms with E-state index < -0.39 is 0 Å². The summed E-state index contributed by atoms with van der Waals surface area (Å²) in [6.45, 7) is 6.58. The van der Waals surface area contributed by atoms with Crippen molar-refractivity contribution in [2.24, 2.45) is 0 Å². The smallest absolute Gasteiger partial charge is 0.121 e.